The number of carbonyl (C=O) groups excluding carboxylic acids is 1. The van der Waals surface area contributed by atoms with Crippen molar-refractivity contribution in [2.45, 2.75) is 31.5 Å². The van der Waals surface area contributed by atoms with Gasteiger partial charge in [-0.05, 0) is 44.5 Å². The Morgan fingerprint density at radius 1 is 1.18 bits per heavy atom. The van der Waals surface area contributed by atoms with Crippen LogP contribution in [-0.4, -0.2) is 36.5 Å². The van der Waals surface area contributed by atoms with Gasteiger partial charge in [0.1, 0.15) is 11.6 Å². The van der Waals surface area contributed by atoms with Gasteiger partial charge in [0.05, 0.1) is 18.1 Å². The third-order valence-electron chi connectivity index (χ3n) is 5.14. The molecule has 1 N–H and O–H groups in total. The molecule has 0 aliphatic carbocycles. The Morgan fingerprint density at radius 3 is 2.55 bits per heavy atom. The van der Waals surface area contributed by atoms with Crippen molar-refractivity contribution < 1.29 is 18.3 Å². The first kappa shape index (κ1) is 14.1. The van der Waals surface area contributed by atoms with E-state index in [2.05, 4.69) is 5.32 Å². The van der Waals surface area contributed by atoms with Crippen LogP contribution in [0.5, 0.6) is 0 Å². The van der Waals surface area contributed by atoms with Crippen molar-refractivity contribution in [3.8, 4) is 0 Å². The maximum Gasteiger partial charge on any atom is 0.231 e. The van der Waals surface area contributed by atoms with Crippen molar-refractivity contribution >= 4 is 5.91 Å². The first-order valence-electron chi connectivity index (χ1n) is 7.70. The van der Waals surface area contributed by atoms with Gasteiger partial charge in [0.2, 0.25) is 5.91 Å². The fraction of sp³-hybridized carbons (Fsp3) is 0.562. The van der Waals surface area contributed by atoms with E-state index in [1.807, 2.05) is 0 Å². The molecule has 3 aliphatic rings. The number of nitrogens with one attached hydrogen (secondary N) is 1. The quantitative estimate of drug-likeness (QED) is 0.862. The topological polar surface area (TPSA) is 41.6 Å². The molecule has 3 fully saturated rings. The molecular weight excluding hydrogens is 290 g/mol. The summed E-state index contributed by atoms with van der Waals surface area (Å²) >= 11 is 0. The van der Waals surface area contributed by atoms with E-state index < -0.39 is 17.9 Å². The van der Waals surface area contributed by atoms with Gasteiger partial charge in [-0.15, -0.1) is 0 Å². The van der Waals surface area contributed by atoms with E-state index in [9.17, 15) is 13.6 Å². The van der Waals surface area contributed by atoms with Gasteiger partial charge in [0.25, 0.3) is 0 Å². The zero-order chi connectivity index (χ0) is 15.3. The van der Waals surface area contributed by atoms with E-state index in [4.69, 9.17) is 4.74 Å². The average molecular weight is 308 g/mol. The lowest BCUT2D eigenvalue weighted by molar-refractivity contribution is -0.143. The molecule has 1 aromatic carbocycles. The Balaban J connectivity index is 1.65. The summed E-state index contributed by atoms with van der Waals surface area (Å²) < 4.78 is 32.6. The predicted octanol–water partition coefficient (Wildman–Crippen LogP) is 1.96. The summed E-state index contributed by atoms with van der Waals surface area (Å²) in [6, 6.07) is 3.34. The maximum atomic E-state index is 13.5. The smallest absolute Gasteiger partial charge is 0.231 e. The van der Waals surface area contributed by atoms with E-state index in [1.54, 1.807) is 4.90 Å². The fourth-order valence-corrected chi connectivity index (χ4v) is 4.09. The second kappa shape index (κ2) is 4.99. The number of fused-ring (bicyclic) bond motifs is 1. The van der Waals surface area contributed by atoms with E-state index >= 15 is 0 Å². The molecule has 3 saturated heterocycles. The highest BCUT2D eigenvalue weighted by Gasteiger charge is 2.56. The molecule has 0 aromatic heterocycles. The monoisotopic (exact) mass is 308 g/mol. The molecule has 3 aliphatic heterocycles. The molecule has 0 radical (unpaired) electrons. The molecule has 3 heterocycles. The molecule has 4 rings (SSSR count). The van der Waals surface area contributed by atoms with E-state index in [1.165, 1.54) is 12.1 Å². The second-order valence-electron chi connectivity index (χ2n) is 6.49. The lowest BCUT2D eigenvalue weighted by atomic mass is 9.76. The molecule has 118 valence electrons. The minimum atomic E-state index is -0.669. The molecule has 22 heavy (non-hydrogen) atoms. The normalized spacial score (nSPS) is 30.1. The Kier molecular flexibility index (Phi) is 3.20. The summed E-state index contributed by atoms with van der Waals surface area (Å²) in [5.41, 5.74) is 0.0587. The fourth-order valence-electron chi connectivity index (χ4n) is 4.09. The highest BCUT2D eigenvalue weighted by atomic mass is 19.1. The van der Waals surface area contributed by atoms with Gasteiger partial charge in [-0.1, -0.05) is 0 Å². The third-order valence-corrected chi connectivity index (χ3v) is 5.14. The molecule has 1 aromatic rings. The van der Waals surface area contributed by atoms with E-state index in [0.29, 0.717) is 12.2 Å². The van der Waals surface area contributed by atoms with Gasteiger partial charge in [-0.2, -0.15) is 0 Å². The van der Waals surface area contributed by atoms with Crippen LogP contribution in [0.1, 0.15) is 31.1 Å². The van der Waals surface area contributed by atoms with Gasteiger partial charge in [-0.3, -0.25) is 4.79 Å². The van der Waals surface area contributed by atoms with Crippen molar-refractivity contribution in [2.24, 2.45) is 5.41 Å². The minimum absolute atomic E-state index is 0.0157. The third kappa shape index (κ3) is 2.05. The van der Waals surface area contributed by atoms with Crippen molar-refractivity contribution in [3.05, 3.63) is 35.4 Å². The van der Waals surface area contributed by atoms with Crippen molar-refractivity contribution in [2.75, 3.05) is 19.7 Å². The van der Waals surface area contributed by atoms with Crippen LogP contribution in [0.25, 0.3) is 0 Å². The molecule has 0 bridgehead atoms. The lowest BCUT2D eigenvalue weighted by Gasteiger charge is -2.33. The van der Waals surface area contributed by atoms with Gasteiger partial charge < -0.3 is 15.0 Å². The number of piperidine rings is 1. The number of ether oxygens (including phenoxy) is 1. The van der Waals surface area contributed by atoms with E-state index in [0.717, 1.165) is 38.4 Å². The van der Waals surface area contributed by atoms with Gasteiger partial charge in [0, 0.05) is 11.6 Å². The SMILES string of the molecule is O=C1N2C(COC2c2cc(F)cc(F)c2)CC12CCNCC2. The first-order valence-corrected chi connectivity index (χ1v) is 7.70. The second-order valence-corrected chi connectivity index (χ2v) is 6.49. The minimum Gasteiger partial charge on any atom is -0.352 e. The van der Waals surface area contributed by atoms with Gasteiger partial charge in [0.15, 0.2) is 6.23 Å². The van der Waals surface area contributed by atoms with Crippen LogP contribution in [0.15, 0.2) is 18.2 Å². The van der Waals surface area contributed by atoms with Crippen LogP contribution in [0.3, 0.4) is 0 Å². The molecule has 1 amide bonds. The molecule has 0 saturated carbocycles. The summed E-state index contributed by atoms with van der Waals surface area (Å²) in [7, 11) is 0. The molecule has 2 atom stereocenters. The van der Waals surface area contributed by atoms with Crippen LogP contribution in [-0.2, 0) is 9.53 Å². The summed E-state index contributed by atoms with van der Waals surface area (Å²) in [5, 5.41) is 3.28. The number of carbonyl (C=O) groups is 1. The molecular formula is C16H18F2N2O2. The Labute approximate surface area is 127 Å². The molecule has 6 heteroatoms. The van der Waals surface area contributed by atoms with Crippen molar-refractivity contribution in [3.63, 3.8) is 0 Å². The van der Waals surface area contributed by atoms with Crippen LogP contribution in [0.2, 0.25) is 0 Å². The number of nitrogens with zero attached hydrogens (tertiary/aromatic N) is 1. The van der Waals surface area contributed by atoms with Crippen LogP contribution in [0.4, 0.5) is 8.78 Å². The summed E-state index contributed by atoms with van der Waals surface area (Å²) in [4.78, 5) is 14.7. The summed E-state index contributed by atoms with van der Waals surface area (Å²) in [6.45, 7) is 2.11. The highest BCUT2D eigenvalue weighted by Crippen LogP contribution is 2.49. The Bertz CT molecular complexity index is 596. The number of halogens is 2. The standard InChI is InChI=1S/C16H18F2N2O2/c17-11-5-10(6-12(18)7-11)14-20-13(9-22-14)8-16(15(20)21)1-3-19-4-2-16/h5-7,13-14,19H,1-4,8-9H2. The van der Waals surface area contributed by atoms with Crippen LogP contribution < -0.4 is 5.32 Å². The van der Waals surface area contributed by atoms with Crippen LogP contribution >= 0.6 is 0 Å². The van der Waals surface area contributed by atoms with Crippen molar-refractivity contribution in [1.82, 2.24) is 10.2 Å². The average Bonchev–Trinajstić information content (AvgIpc) is 2.99. The number of benzene rings is 1. The maximum absolute atomic E-state index is 13.5. The Hall–Kier alpha value is -1.53. The number of amides is 1. The van der Waals surface area contributed by atoms with E-state index in [-0.39, 0.29) is 17.4 Å². The zero-order valence-electron chi connectivity index (χ0n) is 12.1. The Morgan fingerprint density at radius 2 is 1.86 bits per heavy atom. The van der Waals surface area contributed by atoms with Gasteiger partial charge in [-0.25, -0.2) is 8.78 Å². The molecule has 1 spiro atoms. The largest absolute Gasteiger partial charge is 0.352 e. The summed E-state index contributed by atoms with van der Waals surface area (Å²) in [5.74, 6) is -1.22. The summed E-state index contributed by atoms with van der Waals surface area (Å²) in [6.07, 6.45) is 1.76. The zero-order valence-corrected chi connectivity index (χ0v) is 12.1. The molecule has 2 unspecified atom stereocenters. The lowest BCUT2D eigenvalue weighted by Crippen LogP contribution is -2.43. The number of hydrogen-bond donors (Lipinski definition) is 1. The number of hydrogen-bond acceptors (Lipinski definition) is 3. The van der Waals surface area contributed by atoms with Gasteiger partial charge >= 0.3 is 0 Å². The van der Waals surface area contributed by atoms with Crippen LogP contribution in [0, 0.1) is 17.0 Å². The first-order chi connectivity index (χ1) is 10.6. The highest BCUT2D eigenvalue weighted by molar-refractivity contribution is 5.86. The predicted molar refractivity (Wildman–Crippen MR) is 74.8 cm³/mol. The molecule has 4 nitrogen and oxygen atoms in total. The number of rotatable bonds is 1. The van der Waals surface area contributed by atoms with Crippen molar-refractivity contribution in [1.29, 1.82) is 0 Å².